The Morgan fingerprint density at radius 2 is 2.06 bits per heavy atom. The number of rotatable bonds is 5. The number of nitrogens with one attached hydrogen (secondary N) is 1. The molecular formula is C12H20N2O4. The summed E-state index contributed by atoms with van der Waals surface area (Å²) in [5.41, 5.74) is 0. The highest BCUT2D eigenvalue weighted by molar-refractivity contribution is 5.94. The van der Waals surface area contributed by atoms with Crippen LogP contribution in [0, 0.1) is 5.92 Å². The van der Waals surface area contributed by atoms with E-state index in [4.69, 9.17) is 5.11 Å². The third-order valence-corrected chi connectivity index (χ3v) is 3.19. The number of carbonyl (C=O) groups excluding carboxylic acids is 2. The molecule has 1 aliphatic rings. The number of carboxylic acids is 1. The van der Waals surface area contributed by atoms with E-state index in [0.717, 1.165) is 12.8 Å². The highest BCUT2D eigenvalue weighted by Gasteiger charge is 2.25. The van der Waals surface area contributed by atoms with E-state index in [2.05, 4.69) is 12.2 Å². The maximum atomic E-state index is 11.7. The van der Waals surface area contributed by atoms with E-state index in [-0.39, 0.29) is 25.3 Å². The van der Waals surface area contributed by atoms with Crippen LogP contribution >= 0.6 is 0 Å². The molecule has 1 atom stereocenters. The Morgan fingerprint density at radius 3 is 2.61 bits per heavy atom. The lowest BCUT2D eigenvalue weighted by Crippen LogP contribution is -2.41. The Hall–Kier alpha value is -1.59. The molecule has 0 radical (unpaired) electrons. The van der Waals surface area contributed by atoms with Crippen LogP contribution in [0.2, 0.25) is 0 Å². The summed E-state index contributed by atoms with van der Waals surface area (Å²) in [5.74, 6) is -0.807. The van der Waals surface area contributed by atoms with Gasteiger partial charge >= 0.3 is 12.0 Å². The summed E-state index contributed by atoms with van der Waals surface area (Å²) in [7, 11) is 0. The maximum Gasteiger partial charge on any atom is 0.324 e. The Morgan fingerprint density at radius 1 is 1.33 bits per heavy atom. The van der Waals surface area contributed by atoms with Gasteiger partial charge in [0.15, 0.2) is 0 Å². The minimum absolute atomic E-state index is 0.0523. The third kappa shape index (κ3) is 4.73. The first-order valence-corrected chi connectivity index (χ1v) is 6.33. The first-order valence-electron chi connectivity index (χ1n) is 6.33. The van der Waals surface area contributed by atoms with Gasteiger partial charge in [-0.1, -0.05) is 13.3 Å². The summed E-state index contributed by atoms with van der Waals surface area (Å²) in [4.78, 5) is 35.0. The van der Waals surface area contributed by atoms with Gasteiger partial charge in [-0.15, -0.1) is 0 Å². The number of nitrogens with zero attached hydrogens (tertiary/aromatic N) is 1. The lowest BCUT2D eigenvalue weighted by atomic mass is 10.1. The summed E-state index contributed by atoms with van der Waals surface area (Å²) < 4.78 is 0. The molecule has 0 aromatic carbocycles. The molecule has 3 amide bonds. The quantitative estimate of drug-likeness (QED) is 0.774. The first kappa shape index (κ1) is 14.5. The monoisotopic (exact) mass is 256 g/mol. The number of likely N-dealkylation sites (tertiary alicyclic amines) is 1. The van der Waals surface area contributed by atoms with Crippen LogP contribution in [0.1, 0.15) is 39.0 Å². The van der Waals surface area contributed by atoms with Crippen LogP contribution < -0.4 is 5.32 Å². The standard InChI is InChI=1S/C12H20N2O4/c1-2-9-6-7-14(8-9)12(18)13-10(15)4-3-5-11(16)17/h9H,2-8H2,1H3,(H,16,17)(H,13,15,18). The van der Waals surface area contributed by atoms with Gasteiger partial charge in [-0.25, -0.2) is 4.79 Å². The van der Waals surface area contributed by atoms with Crippen molar-refractivity contribution in [1.29, 1.82) is 0 Å². The molecule has 0 spiro atoms. The van der Waals surface area contributed by atoms with Crippen molar-refractivity contribution in [3.05, 3.63) is 0 Å². The molecule has 1 saturated heterocycles. The lowest BCUT2D eigenvalue weighted by Gasteiger charge is -2.16. The number of urea groups is 1. The molecule has 1 unspecified atom stereocenters. The van der Waals surface area contributed by atoms with E-state index in [1.807, 2.05) is 0 Å². The predicted molar refractivity (Wildman–Crippen MR) is 65.0 cm³/mol. The number of hydrogen-bond donors (Lipinski definition) is 2. The number of amides is 3. The van der Waals surface area contributed by atoms with Gasteiger partial charge in [0.25, 0.3) is 0 Å². The highest BCUT2D eigenvalue weighted by Crippen LogP contribution is 2.18. The van der Waals surface area contributed by atoms with Gasteiger partial charge in [0.05, 0.1) is 0 Å². The average molecular weight is 256 g/mol. The molecule has 0 aromatic heterocycles. The van der Waals surface area contributed by atoms with Crippen molar-refractivity contribution in [2.75, 3.05) is 13.1 Å². The van der Waals surface area contributed by atoms with E-state index in [9.17, 15) is 14.4 Å². The number of carbonyl (C=O) groups is 3. The smallest absolute Gasteiger partial charge is 0.324 e. The summed E-state index contributed by atoms with van der Waals surface area (Å²) in [6.07, 6.45) is 2.30. The van der Waals surface area contributed by atoms with Crippen molar-refractivity contribution in [2.24, 2.45) is 5.92 Å². The minimum atomic E-state index is -0.931. The fourth-order valence-electron chi connectivity index (χ4n) is 2.01. The second-order valence-electron chi connectivity index (χ2n) is 4.61. The Balaban J connectivity index is 2.23. The van der Waals surface area contributed by atoms with Crippen LogP contribution in [0.3, 0.4) is 0 Å². The largest absolute Gasteiger partial charge is 0.481 e. The molecule has 1 fully saturated rings. The second kappa shape index (κ2) is 6.98. The zero-order valence-corrected chi connectivity index (χ0v) is 10.6. The fraction of sp³-hybridized carbons (Fsp3) is 0.750. The molecular weight excluding hydrogens is 236 g/mol. The molecule has 0 aliphatic carbocycles. The first-order chi connectivity index (χ1) is 8.52. The molecule has 6 nitrogen and oxygen atoms in total. The predicted octanol–water partition coefficient (Wildman–Crippen LogP) is 1.21. The summed E-state index contributed by atoms with van der Waals surface area (Å²) in [5, 5.41) is 10.7. The van der Waals surface area contributed by atoms with E-state index in [1.165, 1.54) is 0 Å². The average Bonchev–Trinajstić information content (AvgIpc) is 2.76. The van der Waals surface area contributed by atoms with Gasteiger partial charge in [0, 0.05) is 25.9 Å². The number of hydrogen-bond acceptors (Lipinski definition) is 3. The molecule has 102 valence electrons. The van der Waals surface area contributed by atoms with Gasteiger partial charge in [0.1, 0.15) is 0 Å². The summed E-state index contributed by atoms with van der Waals surface area (Å²) >= 11 is 0. The molecule has 1 heterocycles. The van der Waals surface area contributed by atoms with Crippen molar-refractivity contribution in [2.45, 2.75) is 39.0 Å². The SMILES string of the molecule is CCC1CCN(C(=O)NC(=O)CCCC(=O)O)C1. The molecule has 6 heteroatoms. The van der Waals surface area contributed by atoms with Crippen LogP contribution in [0.25, 0.3) is 0 Å². The molecule has 2 N–H and O–H groups in total. The van der Waals surface area contributed by atoms with Crippen molar-refractivity contribution in [3.63, 3.8) is 0 Å². The van der Waals surface area contributed by atoms with Crippen molar-refractivity contribution in [3.8, 4) is 0 Å². The minimum Gasteiger partial charge on any atom is -0.481 e. The zero-order chi connectivity index (χ0) is 13.5. The Labute approximate surface area is 106 Å². The molecule has 1 aliphatic heterocycles. The van der Waals surface area contributed by atoms with Crippen LogP contribution in [0.15, 0.2) is 0 Å². The van der Waals surface area contributed by atoms with Crippen LogP contribution in [-0.2, 0) is 9.59 Å². The fourth-order valence-corrected chi connectivity index (χ4v) is 2.01. The highest BCUT2D eigenvalue weighted by atomic mass is 16.4. The number of imide groups is 1. The molecule has 18 heavy (non-hydrogen) atoms. The van der Waals surface area contributed by atoms with Crippen molar-refractivity contribution in [1.82, 2.24) is 10.2 Å². The van der Waals surface area contributed by atoms with Crippen molar-refractivity contribution >= 4 is 17.9 Å². The van der Waals surface area contributed by atoms with E-state index in [1.54, 1.807) is 4.90 Å². The van der Waals surface area contributed by atoms with Gasteiger partial charge in [-0.2, -0.15) is 0 Å². The zero-order valence-electron chi connectivity index (χ0n) is 10.6. The third-order valence-electron chi connectivity index (χ3n) is 3.19. The lowest BCUT2D eigenvalue weighted by molar-refractivity contribution is -0.137. The molecule has 0 bridgehead atoms. The Kier molecular flexibility index (Phi) is 5.61. The molecule has 0 aromatic rings. The number of aliphatic carboxylic acids is 1. The van der Waals surface area contributed by atoms with Gasteiger partial charge in [-0.3, -0.25) is 14.9 Å². The van der Waals surface area contributed by atoms with E-state index >= 15 is 0 Å². The summed E-state index contributed by atoms with van der Waals surface area (Å²) in [6, 6.07) is -0.355. The van der Waals surface area contributed by atoms with Gasteiger partial charge < -0.3 is 10.0 Å². The molecule has 0 saturated carbocycles. The van der Waals surface area contributed by atoms with Crippen molar-refractivity contribution < 1.29 is 19.5 Å². The summed E-state index contributed by atoms with van der Waals surface area (Å²) in [6.45, 7) is 3.47. The van der Waals surface area contributed by atoms with Gasteiger partial charge in [-0.05, 0) is 18.8 Å². The second-order valence-corrected chi connectivity index (χ2v) is 4.61. The van der Waals surface area contributed by atoms with Crippen LogP contribution in [-0.4, -0.2) is 41.0 Å². The van der Waals surface area contributed by atoms with Gasteiger partial charge in [0.2, 0.25) is 5.91 Å². The number of carboxylic acid groups (broad SMARTS) is 1. The van der Waals surface area contributed by atoms with Crippen LogP contribution in [0.5, 0.6) is 0 Å². The van der Waals surface area contributed by atoms with Crippen LogP contribution in [0.4, 0.5) is 4.79 Å². The Bertz CT molecular complexity index is 330. The maximum absolute atomic E-state index is 11.7. The normalized spacial score (nSPS) is 18.7. The molecule has 1 rings (SSSR count). The van der Waals surface area contributed by atoms with E-state index < -0.39 is 11.9 Å². The topological polar surface area (TPSA) is 86.7 Å². The van der Waals surface area contributed by atoms with E-state index in [0.29, 0.717) is 19.0 Å².